The van der Waals surface area contributed by atoms with E-state index in [1.807, 2.05) is 39.8 Å². The van der Waals surface area contributed by atoms with Crippen LogP contribution in [0.25, 0.3) is 0 Å². The molecular formula is C18H30N4O2S. The molecule has 0 saturated carbocycles. The van der Waals surface area contributed by atoms with Gasteiger partial charge in [0.15, 0.2) is 5.96 Å². The van der Waals surface area contributed by atoms with E-state index in [-0.39, 0.29) is 0 Å². The number of nitrogens with zero attached hydrogens (tertiary/aromatic N) is 2. The second kappa shape index (κ2) is 8.19. The topological polar surface area (TPSA) is 73.8 Å². The van der Waals surface area contributed by atoms with E-state index in [1.54, 1.807) is 12.1 Å². The van der Waals surface area contributed by atoms with Crippen molar-refractivity contribution in [1.82, 2.24) is 14.9 Å². The van der Waals surface area contributed by atoms with Crippen LogP contribution in [0.15, 0.2) is 34.2 Å². The summed E-state index contributed by atoms with van der Waals surface area (Å²) in [6, 6.07) is 7.07. The highest BCUT2D eigenvalue weighted by Crippen LogP contribution is 2.19. The number of aliphatic imine (C=N–C) groups is 1. The second-order valence-corrected chi connectivity index (χ2v) is 8.98. The van der Waals surface area contributed by atoms with Crippen molar-refractivity contribution in [3.8, 4) is 0 Å². The van der Waals surface area contributed by atoms with Gasteiger partial charge in [0.1, 0.15) is 0 Å². The zero-order valence-electron chi connectivity index (χ0n) is 15.7. The molecule has 7 heteroatoms. The highest BCUT2D eigenvalue weighted by Gasteiger charge is 2.24. The average Bonchev–Trinajstić information content (AvgIpc) is 3.03. The van der Waals surface area contributed by atoms with E-state index in [0.29, 0.717) is 17.0 Å². The first-order valence-corrected chi connectivity index (χ1v) is 10.4. The van der Waals surface area contributed by atoms with Gasteiger partial charge in [-0.15, -0.1) is 0 Å². The summed E-state index contributed by atoms with van der Waals surface area (Å²) in [5, 5.41) is 3.30. The van der Waals surface area contributed by atoms with Crippen LogP contribution < -0.4 is 10.0 Å². The summed E-state index contributed by atoms with van der Waals surface area (Å²) >= 11 is 0. The number of likely N-dealkylation sites (tertiary alicyclic amines) is 1. The number of nitrogens with one attached hydrogen (secondary N) is 2. The number of hydrogen-bond acceptors (Lipinski definition) is 3. The summed E-state index contributed by atoms with van der Waals surface area (Å²) in [5.74, 6) is 0.857. The summed E-state index contributed by atoms with van der Waals surface area (Å²) in [6.45, 7) is 10.7. The predicted molar refractivity (Wildman–Crippen MR) is 102 cm³/mol. The Morgan fingerprint density at radius 2 is 1.84 bits per heavy atom. The molecule has 1 aliphatic rings. The van der Waals surface area contributed by atoms with Crippen molar-refractivity contribution >= 4 is 16.0 Å². The number of rotatable bonds is 5. The Morgan fingerprint density at radius 1 is 1.20 bits per heavy atom. The lowest BCUT2D eigenvalue weighted by atomic mass is 10.1. The van der Waals surface area contributed by atoms with E-state index >= 15 is 0 Å². The molecule has 0 amide bonds. The normalized spacial score (nSPS) is 16.3. The van der Waals surface area contributed by atoms with Crippen LogP contribution in [0.4, 0.5) is 0 Å². The molecule has 6 nitrogen and oxygen atoms in total. The van der Waals surface area contributed by atoms with E-state index in [4.69, 9.17) is 0 Å². The lowest BCUT2D eigenvalue weighted by molar-refractivity contribution is 0.489. The van der Waals surface area contributed by atoms with Gasteiger partial charge in [-0.1, -0.05) is 18.2 Å². The van der Waals surface area contributed by atoms with Gasteiger partial charge in [-0.3, -0.25) is 0 Å². The molecule has 0 atom stereocenters. The second-order valence-electron chi connectivity index (χ2n) is 7.33. The maximum absolute atomic E-state index is 12.7. The Labute approximate surface area is 151 Å². The van der Waals surface area contributed by atoms with Gasteiger partial charge in [0.05, 0.1) is 11.4 Å². The Kier molecular flexibility index (Phi) is 6.46. The van der Waals surface area contributed by atoms with Crippen LogP contribution in [0, 0.1) is 0 Å². The molecule has 1 aromatic rings. The van der Waals surface area contributed by atoms with Crippen molar-refractivity contribution in [2.24, 2.45) is 4.99 Å². The summed E-state index contributed by atoms with van der Waals surface area (Å²) in [4.78, 5) is 7.20. The minimum atomic E-state index is -3.58. The molecule has 1 aromatic carbocycles. The average molecular weight is 367 g/mol. The molecule has 140 valence electrons. The molecular weight excluding hydrogens is 336 g/mol. The molecule has 2 N–H and O–H groups in total. The fourth-order valence-electron chi connectivity index (χ4n) is 2.87. The van der Waals surface area contributed by atoms with Gasteiger partial charge in [0.2, 0.25) is 10.0 Å². The molecule has 1 saturated heterocycles. The first kappa shape index (κ1) is 19.7. The third-order valence-electron chi connectivity index (χ3n) is 3.84. The number of sulfonamides is 1. The fraction of sp³-hybridized carbons (Fsp3) is 0.611. The molecule has 0 aliphatic carbocycles. The van der Waals surface area contributed by atoms with Crippen molar-refractivity contribution in [2.45, 2.75) is 57.5 Å². The number of benzene rings is 1. The van der Waals surface area contributed by atoms with E-state index in [9.17, 15) is 8.42 Å². The van der Waals surface area contributed by atoms with E-state index in [0.717, 1.165) is 25.6 Å². The lowest BCUT2D eigenvalue weighted by Crippen LogP contribution is -2.41. The summed E-state index contributed by atoms with van der Waals surface area (Å²) in [6.07, 6.45) is 2.34. The SMILES string of the molecule is CCNC(=NCc1ccccc1S(=O)(=O)NC(C)(C)C)N1CCCC1. The molecule has 0 unspecified atom stereocenters. The molecule has 0 bridgehead atoms. The zero-order chi connectivity index (χ0) is 18.5. The van der Waals surface area contributed by atoms with Gasteiger partial charge in [0, 0.05) is 25.2 Å². The molecule has 1 aliphatic heterocycles. The Bertz CT molecular complexity index is 702. The maximum Gasteiger partial charge on any atom is 0.241 e. The largest absolute Gasteiger partial charge is 0.357 e. The minimum absolute atomic E-state index is 0.297. The van der Waals surface area contributed by atoms with Crippen molar-refractivity contribution in [3.05, 3.63) is 29.8 Å². The van der Waals surface area contributed by atoms with E-state index < -0.39 is 15.6 Å². The first-order chi connectivity index (χ1) is 11.7. The van der Waals surface area contributed by atoms with Gasteiger partial charge in [-0.2, -0.15) is 0 Å². The van der Waals surface area contributed by atoms with Crippen molar-refractivity contribution in [3.63, 3.8) is 0 Å². The van der Waals surface area contributed by atoms with Crippen LogP contribution in [-0.4, -0.2) is 44.5 Å². The van der Waals surface area contributed by atoms with Crippen LogP contribution in [0.5, 0.6) is 0 Å². The fourth-order valence-corrected chi connectivity index (χ4v) is 4.52. The molecule has 2 rings (SSSR count). The van der Waals surface area contributed by atoms with Crippen LogP contribution in [0.3, 0.4) is 0 Å². The summed E-state index contributed by atoms with van der Waals surface area (Å²) < 4.78 is 28.1. The zero-order valence-corrected chi connectivity index (χ0v) is 16.5. The maximum atomic E-state index is 12.7. The smallest absolute Gasteiger partial charge is 0.241 e. The monoisotopic (exact) mass is 366 g/mol. The molecule has 0 spiro atoms. The molecule has 1 fully saturated rings. The molecule has 25 heavy (non-hydrogen) atoms. The van der Waals surface area contributed by atoms with Gasteiger partial charge in [-0.05, 0) is 52.2 Å². The van der Waals surface area contributed by atoms with Crippen molar-refractivity contribution in [2.75, 3.05) is 19.6 Å². The number of hydrogen-bond donors (Lipinski definition) is 2. The van der Waals surface area contributed by atoms with Gasteiger partial charge >= 0.3 is 0 Å². The number of guanidine groups is 1. The van der Waals surface area contributed by atoms with Gasteiger partial charge in [-0.25, -0.2) is 18.1 Å². The minimum Gasteiger partial charge on any atom is -0.357 e. The van der Waals surface area contributed by atoms with Crippen LogP contribution >= 0.6 is 0 Å². The Hall–Kier alpha value is -1.60. The van der Waals surface area contributed by atoms with E-state index in [2.05, 4.69) is 19.9 Å². The van der Waals surface area contributed by atoms with Crippen molar-refractivity contribution < 1.29 is 8.42 Å². The molecule has 0 aromatic heterocycles. The highest BCUT2D eigenvalue weighted by molar-refractivity contribution is 7.89. The van der Waals surface area contributed by atoms with Crippen LogP contribution in [0.1, 0.15) is 46.1 Å². The third-order valence-corrected chi connectivity index (χ3v) is 5.70. The Balaban J connectivity index is 2.26. The quantitative estimate of drug-likeness (QED) is 0.620. The predicted octanol–water partition coefficient (Wildman–Crippen LogP) is 2.32. The molecule has 0 radical (unpaired) electrons. The summed E-state index contributed by atoms with van der Waals surface area (Å²) in [5.41, 5.74) is 0.175. The van der Waals surface area contributed by atoms with Crippen molar-refractivity contribution in [1.29, 1.82) is 0 Å². The lowest BCUT2D eigenvalue weighted by Gasteiger charge is -2.22. The third kappa shape index (κ3) is 5.71. The first-order valence-electron chi connectivity index (χ1n) is 8.88. The standard InChI is InChI=1S/C18H30N4O2S/c1-5-19-17(22-12-8-9-13-22)20-14-15-10-6-7-11-16(15)25(23,24)21-18(2,3)4/h6-7,10-11,21H,5,8-9,12-14H2,1-4H3,(H,19,20). The Morgan fingerprint density at radius 3 is 2.44 bits per heavy atom. The summed E-state index contributed by atoms with van der Waals surface area (Å²) in [7, 11) is -3.58. The van der Waals surface area contributed by atoms with Gasteiger partial charge in [0.25, 0.3) is 0 Å². The van der Waals surface area contributed by atoms with Gasteiger partial charge < -0.3 is 10.2 Å². The van der Waals surface area contributed by atoms with Crippen LogP contribution in [0.2, 0.25) is 0 Å². The van der Waals surface area contributed by atoms with Crippen LogP contribution in [-0.2, 0) is 16.6 Å². The van der Waals surface area contributed by atoms with E-state index in [1.165, 1.54) is 12.8 Å². The highest BCUT2D eigenvalue weighted by atomic mass is 32.2. The molecule has 1 heterocycles.